The molecule has 1 heterocycles. The maximum absolute atomic E-state index is 12.3. The maximum atomic E-state index is 12.3. The fraction of sp³-hybridized carbons (Fsp3) is 0.250. The van der Waals surface area contributed by atoms with Gasteiger partial charge in [0, 0.05) is 10.0 Å². The summed E-state index contributed by atoms with van der Waals surface area (Å²) in [6.07, 6.45) is -0.641. The molecule has 6 nitrogen and oxygen atoms in total. The van der Waals surface area contributed by atoms with Gasteiger partial charge in [-0.05, 0) is 50.1 Å². The van der Waals surface area contributed by atoms with Gasteiger partial charge in [0.15, 0.2) is 6.10 Å². The average molecular weight is 430 g/mol. The highest BCUT2D eigenvalue weighted by atomic mass is 79.9. The predicted octanol–water partition coefficient (Wildman–Crippen LogP) is 4.20. The van der Waals surface area contributed by atoms with E-state index in [0.29, 0.717) is 17.5 Å². The van der Waals surface area contributed by atoms with Gasteiger partial charge >= 0.3 is 0 Å². The minimum absolute atomic E-state index is 0.139. The first kappa shape index (κ1) is 19.1. The number of nitrogens with one attached hydrogen (secondary N) is 1. The van der Waals surface area contributed by atoms with Crippen molar-refractivity contribution >= 4 is 21.8 Å². The molecule has 27 heavy (non-hydrogen) atoms. The molecule has 0 unspecified atom stereocenters. The van der Waals surface area contributed by atoms with Crippen LogP contribution in [0, 0.1) is 13.8 Å². The molecule has 1 aromatic heterocycles. The monoisotopic (exact) mass is 429 g/mol. The predicted molar refractivity (Wildman–Crippen MR) is 105 cm³/mol. The van der Waals surface area contributed by atoms with Crippen molar-refractivity contribution in [2.75, 3.05) is 0 Å². The van der Waals surface area contributed by atoms with E-state index in [0.717, 1.165) is 21.2 Å². The highest BCUT2D eigenvalue weighted by Gasteiger charge is 2.17. The average Bonchev–Trinajstić information content (AvgIpc) is 3.12. The summed E-state index contributed by atoms with van der Waals surface area (Å²) in [4.78, 5) is 16.6. The van der Waals surface area contributed by atoms with Crippen LogP contribution in [0.4, 0.5) is 0 Å². The number of carbonyl (C=O) groups excluding carboxylic acids is 1. The summed E-state index contributed by atoms with van der Waals surface area (Å²) in [7, 11) is 0. The number of halogens is 1. The normalized spacial score (nSPS) is 11.9. The molecule has 0 radical (unpaired) electrons. The zero-order chi connectivity index (χ0) is 19.4. The van der Waals surface area contributed by atoms with Gasteiger partial charge in [0.1, 0.15) is 5.75 Å². The van der Waals surface area contributed by atoms with E-state index in [1.165, 1.54) is 0 Å². The third-order valence-corrected chi connectivity index (χ3v) is 4.69. The van der Waals surface area contributed by atoms with E-state index in [9.17, 15) is 4.79 Å². The van der Waals surface area contributed by atoms with Crippen LogP contribution in [0.1, 0.15) is 23.9 Å². The van der Waals surface area contributed by atoms with Crippen molar-refractivity contribution in [2.24, 2.45) is 0 Å². The molecule has 7 heteroatoms. The SMILES string of the molecule is Cc1cccc(O[C@H](C)C(=O)NCc2nc(-c3cccc(Br)c3)no2)c1C. The van der Waals surface area contributed by atoms with Crippen LogP contribution in [-0.2, 0) is 11.3 Å². The van der Waals surface area contributed by atoms with Crippen molar-refractivity contribution in [3.05, 3.63) is 64.0 Å². The van der Waals surface area contributed by atoms with Gasteiger partial charge in [-0.15, -0.1) is 0 Å². The first-order valence-electron chi connectivity index (χ1n) is 8.53. The van der Waals surface area contributed by atoms with Crippen LogP contribution in [0.3, 0.4) is 0 Å². The number of hydrogen-bond acceptors (Lipinski definition) is 5. The Balaban J connectivity index is 1.58. The zero-order valence-electron chi connectivity index (χ0n) is 15.3. The third-order valence-electron chi connectivity index (χ3n) is 4.19. The third kappa shape index (κ3) is 4.74. The lowest BCUT2D eigenvalue weighted by atomic mass is 10.1. The van der Waals surface area contributed by atoms with Crippen molar-refractivity contribution < 1.29 is 14.1 Å². The van der Waals surface area contributed by atoms with Crippen LogP contribution in [-0.4, -0.2) is 22.2 Å². The number of benzene rings is 2. The van der Waals surface area contributed by atoms with Crippen LogP contribution >= 0.6 is 15.9 Å². The molecule has 0 spiro atoms. The van der Waals surface area contributed by atoms with Crippen LogP contribution in [0.2, 0.25) is 0 Å². The summed E-state index contributed by atoms with van der Waals surface area (Å²) in [5.74, 6) is 1.25. The molecule has 2 aromatic carbocycles. The van der Waals surface area contributed by atoms with E-state index in [1.54, 1.807) is 6.92 Å². The maximum Gasteiger partial charge on any atom is 0.261 e. The second-order valence-electron chi connectivity index (χ2n) is 6.20. The summed E-state index contributed by atoms with van der Waals surface area (Å²) in [6.45, 7) is 5.82. The lowest BCUT2D eigenvalue weighted by Crippen LogP contribution is -2.36. The fourth-order valence-corrected chi connectivity index (χ4v) is 2.87. The molecule has 3 rings (SSSR count). The van der Waals surface area contributed by atoms with Gasteiger partial charge in [-0.3, -0.25) is 4.79 Å². The summed E-state index contributed by atoms with van der Waals surface area (Å²) >= 11 is 3.41. The van der Waals surface area contributed by atoms with E-state index < -0.39 is 6.10 Å². The van der Waals surface area contributed by atoms with Crippen molar-refractivity contribution in [1.82, 2.24) is 15.5 Å². The van der Waals surface area contributed by atoms with E-state index in [2.05, 4.69) is 31.4 Å². The Hall–Kier alpha value is -2.67. The molecule has 1 N–H and O–H groups in total. The molecule has 0 bridgehead atoms. The Kier molecular flexibility index (Phi) is 5.91. The number of amides is 1. The molecule has 1 amide bonds. The number of carbonyl (C=O) groups is 1. The lowest BCUT2D eigenvalue weighted by Gasteiger charge is -2.16. The largest absolute Gasteiger partial charge is 0.481 e. The van der Waals surface area contributed by atoms with Crippen LogP contribution < -0.4 is 10.1 Å². The Morgan fingerprint density at radius 3 is 2.81 bits per heavy atom. The second kappa shape index (κ2) is 8.35. The molecule has 3 aromatic rings. The minimum atomic E-state index is -0.641. The summed E-state index contributed by atoms with van der Waals surface area (Å²) in [5, 5.41) is 6.71. The fourth-order valence-electron chi connectivity index (χ4n) is 2.47. The van der Waals surface area contributed by atoms with Gasteiger partial charge in [0.25, 0.3) is 5.91 Å². The molecule has 0 aliphatic heterocycles. The Morgan fingerprint density at radius 1 is 1.26 bits per heavy atom. The van der Waals surface area contributed by atoms with Gasteiger partial charge in [-0.25, -0.2) is 0 Å². The molecular weight excluding hydrogens is 410 g/mol. The summed E-state index contributed by atoms with van der Waals surface area (Å²) < 4.78 is 11.9. The number of nitrogens with zero attached hydrogens (tertiary/aromatic N) is 2. The van der Waals surface area contributed by atoms with E-state index in [1.807, 2.05) is 56.3 Å². The minimum Gasteiger partial charge on any atom is -0.481 e. The number of hydrogen-bond donors (Lipinski definition) is 1. The van der Waals surface area contributed by atoms with Crippen molar-refractivity contribution in [3.63, 3.8) is 0 Å². The topological polar surface area (TPSA) is 77.2 Å². The van der Waals surface area contributed by atoms with Crippen LogP contribution in [0.15, 0.2) is 51.5 Å². The Bertz CT molecular complexity index is 955. The van der Waals surface area contributed by atoms with Crippen molar-refractivity contribution in [1.29, 1.82) is 0 Å². The number of ether oxygens (including phenoxy) is 1. The highest BCUT2D eigenvalue weighted by Crippen LogP contribution is 2.22. The Morgan fingerprint density at radius 2 is 2.04 bits per heavy atom. The van der Waals surface area contributed by atoms with Crippen molar-refractivity contribution in [3.8, 4) is 17.1 Å². The van der Waals surface area contributed by atoms with Gasteiger partial charge < -0.3 is 14.6 Å². The summed E-state index contributed by atoms with van der Waals surface area (Å²) in [6, 6.07) is 13.4. The molecule has 0 saturated carbocycles. The molecule has 140 valence electrons. The number of aryl methyl sites for hydroxylation is 1. The molecule has 0 saturated heterocycles. The van der Waals surface area contributed by atoms with E-state index in [-0.39, 0.29) is 12.5 Å². The first-order chi connectivity index (χ1) is 12.9. The zero-order valence-corrected chi connectivity index (χ0v) is 16.9. The first-order valence-corrected chi connectivity index (χ1v) is 9.32. The van der Waals surface area contributed by atoms with Crippen LogP contribution in [0.25, 0.3) is 11.4 Å². The standard InChI is InChI=1S/C20H20BrN3O3/c1-12-6-4-9-17(13(12)2)26-14(3)20(25)22-11-18-23-19(24-27-18)15-7-5-8-16(21)10-15/h4-10,14H,11H2,1-3H3,(H,22,25)/t14-/m1/s1. The number of rotatable bonds is 6. The highest BCUT2D eigenvalue weighted by molar-refractivity contribution is 9.10. The van der Waals surface area contributed by atoms with E-state index in [4.69, 9.17) is 9.26 Å². The molecular formula is C20H20BrN3O3. The lowest BCUT2D eigenvalue weighted by molar-refractivity contribution is -0.127. The van der Waals surface area contributed by atoms with Gasteiger partial charge in [0.2, 0.25) is 11.7 Å². The summed E-state index contributed by atoms with van der Waals surface area (Å²) in [5.41, 5.74) is 2.97. The molecule has 1 atom stereocenters. The Labute approximate surface area is 166 Å². The smallest absolute Gasteiger partial charge is 0.261 e. The van der Waals surface area contributed by atoms with Gasteiger partial charge in [-0.2, -0.15) is 4.98 Å². The van der Waals surface area contributed by atoms with Crippen molar-refractivity contribution in [2.45, 2.75) is 33.4 Å². The van der Waals surface area contributed by atoms with Gasteiger partial charge in [0.05, 0.1) is 6.54 Å². The number of aromatic nitrogens is 2. The molecule has 0 aliphatic rings. The second-order valence-corrected chi connectivity index (χ2v) is 7.11. The molecule has 0 fully saturated rings. The molecule has 0 aliphatic carbocycles. The van der Waals surface area contributed by atoms with Crippen LogP contribution in [0.5, 0.6) is 5.75 Å². The van der Waals surface area contributed by atoms with E-state index >= 15 is 0 Å². The van der Waals surface area contributed by atoms with Gasteiger partial charge in [-0.1, -0.05) is 45.4 Å². The quantitative estimate of drug-likeness (QED) is 0.635.